The minimum atomic E-state index is 0. The third kappa shape index (κ3) is 4.92. The second-order valence-electron chi connectivity index (χ2n) is 7.14. The number of nitrogens with zero attached hydrogens (tertiary/aromatic N) is 4. The molecule has 8 heteroatoms. The highest BCUT2D eigenvalue weighted by molar-refractivity contribution is 14.0. The van der Waals surface area contributed by atoms with Crippen molar-refractivity contribution in [3.8, 4) is 0 Å². The van der Waals surface area contributed by atoms with E-state index in [0.717, 1.165) is 49.8 Å². The fourth-order valence-electron chi connectivity index (χ4n) is 3.62. The Morgan fingerprint density at radius 1 is 1.07 bits per heavy atom. The van der Waals surface area contributed by atoms with Crippen LogP contribution in [0.4, 0.5) is 0 Å². The molecule has 3 N–H and O–H groups in total. The summed E-state index contributed by atoms with van der Waals surface area (Å²) < 4.78 is 2.04. The third-order valence-electron chi connectivity index (χ3n) is 5.17. The SMILES string of the molecule is CN=C(NCCCc1nnc2ccccn12)NCCc1c[nH]c2c(C)cccc12.I. The second kappa shape index (κ2) is 10.4. The van der Waals surface area contributed by atoms with Crippen molar-refractivity contribution in [1.82, 2.24) is 30.2 Å². The number of aryl methyl sites for hydroxylation is 2. The van der Waals surface area contributed by atoms with E-state index in [1.165, 1.54) is 22.0 Å². The number of rotatable bonds is 7. The van der Waals surface area contributed by atoms with Crippen LogP contribution in [0.3, 0.4) is 0 Å². The van der Waals surface area contributed by atoms with Crippen molar-refractivity contribution in [3.63, 3.8) is 0 Å². The molecule has 3 aromatic heterocycles. The fourth-order valence-corrected chi connectivity index (χ4v) is 3.62. The molecule has 158 valence electrons. The van der Waals surface area contributed by atoms with Crippen molar-refractivity contribution >= 4 is 46.5 Å². The number of pyridine rings is 1. The lowest BCUT2D eigenvalue weighted by molar-refractivity contribution is 0.713. The minimum Gasteiger partial charge on any atom is -0.361 e. The molecule has 0 aliphatic carbocycles. The predicted octanol–water partition coefficient (Wildman–Crippen LogP) is 3.48. The van der Waals surface area contributed by atoms with Gasteiger partial charge in [0.1, 0.15) is 5.82 Å². The van der Waals surface area contributed by atoms with Gasteiger partial charge in [0.15, 0.2) is 11.6 Å². The van der Waals surface area contributed by atoms with E-state index < -0.39 is 0 Å². The van der Waals surface area contributed by atoms with E-state index in [1.54, 1.807) is 7.05 Å². The molecule has 0 unspecified atom stereocenters. The Kier molecular flexibility index (Phi) is 7.67. The normalized spacial score (nSPS) is 11.6. The van der Waals surface area contributed by atoms with Crippen LogP contribution in [0.5, 0.6) is 0 Å². The molecule has 0 saturated carbocycles. The predicted molar refractivity (Wildman–Crippen MR) is 133 cm³/mol. The van der Waals surface area contributed by atoms with Crippen molar-refractivity contribution in [2.75, 3.05) is 20.1 Å². The van der Waals surface area contributed by atoms with Crippen LogP contribution in [0.25, 0.3) is 16.6 Å². The average Bonchev–Trinajstić information content (AvgIpc) is 3.35. The summed E-state index contributed by atoms with van der Waals surface area (Å²) in [6, 6.07) is 12.4. The van der Waals surface area contributed by atoms with Crippen molar-refractivity contribution in [3.05, 3.63) is 65.7 Å². The molecule has 3 heterocycles. The zero-order valence-electron chi connectivity index (χ0n) is 17.4. The van der Waals surface area contributed by atoms with Crippen LogP contribution in [0.1, 0.15) is 23.4 Å². The number of benzene rings is 1. The zero-order chi connectivity index (χ0) is 20.1. The van der Waals surface area contributed by atoms with Crippen LogP contribution >= 0.6 is 24.0 Å². The Hall–Kier alpha value is -2.62. The lowest BCUT2D eigenvalue weighted by Crippen LogP contribution is -2.38. The molecule has 7 nitrogen and oxygen atoms in total. The number of aliphatic imine (C=N–C) groups is 1. The van der Waals surface area contributed by atoms with Crippen LogP contribution in [-0.4, -0.2) is 45.7 Å². The Bertz CT molecular complexity index is 1130. The number of aromatic nitrogens is 4. The number of halogens is 1. The maximum atomic E-state index is 4.32. The molecule has 0 atom stereocenters. The third-order valence-corrected chi connectivity index (χ3v) is 5.17. The Labute approximate surface area is 193 Å². The molecular weight excluding hydrogens is 489 g/mol. The van der Waals surface area contributed by atoms with Crippen LogP contribution in [0, 0.1) is 6.92 Å². The van der Waals surface area contributed by atoms with Gasteiger partial charge in [0, 0.05) is 49.9 Å². The number of hydrogen-bond donors (Lipinski definition) is 3. The molecule has 1 aromatic carbocycles. The standard InChI is InChI=1S/C22H27N7.HI/c1-16-7-5-8-18-17(15-26-21(16)18)11-13-25-22(23-2)24-12-6-10-20-28-27-19-9-3-4-14-29(19)20;/h3-5,7-9,14-15,26H,6,10-13H2,1-2H3,(H2,23,24,25);1H. The van der Waals surface area contributed by atoms with Gasteiger partial charge in [0.05, 0.1) is 0 Å². The number of aromatic amines is 1. The minimum absolute atomic E-state index is 0. The number of nitrogens with one attached hydrogen (secondary N) is 3. The van der Waals surface area contributed by atoms with E-state index in [4.69, 9.17) is 0 Å². The van der Waals surface area contributed by atoms with Crippen LogP contribution in [0.2, 0.25) is 0 Å². The fraction of sp³-hybridized carbons (Fsp3) is 0.318. The smallest absolute Gasteiger partial charge is 0.190 e. The van der Waals surface area contributed by atoms with E-state index in [-0.39, 0.29) is 24.0 Å². The highest BCUT2D eigenvalue weighted by Crippen LogP contribution is 2.21. The van der Waals surface area contributed by atoms with Gasteiger partial charge >= 0.3 is 0 Å². The molecule has 0 radical (unpaired) electrons. The molecular formula is C22H28IN7. The van der Waals surface area contributed by atoms with E-state index in [9.17, 15) is 0 Å². The first-order valence-corrected chi connectivity index (χ1v) is 10.0. The van der Waals surface area contributed by atoms with Crippen LogP contribution in [-0.2, 0) is 12.8 Å². The summed E-state index contributed by atoms with van der Waals surface area (Å²) in [5, 5.41) is 16.6. The largest absolute Gasteiger partial charge is 0.361 e. The number of hydrogen-bond acceptors (Lipinski definition) is 3. The Balaban J connectivity index is 0.00000256. The quantitative estimate of drug-likeness (QED) is 0.152. The first kappa shape index (κ1) is 22.1. The van der Waals surface area contributed by atoms with Gasteiger partial charge < -0.3 is 15.6 Å². The van der Waals surface area contributed by atoms with Gasteiger partial charge in [0.25, 0.3) is 0 Å². The summed E-state index contributed by atoms with van der Waals surface area (Å²) in [6.07, 6.45) is 6.88. The molecule has 0 aliphatic heterocycles. The lowest BCUT2D eigenvalue weighted by atomic mass is 10.1. The van der Waals surface area contributed by atoms with Gasteiger partial charge in [-0.2, -0.15) is 0 Å². The molecule has 0 amide bonds. The van der Waals surface area contributed by atoms with Crippen molar-refractivity contribution in [2.24, 2.45) is 4.99 Å². The number of guanidine groups is 1. The maximum Gasteiger partial charge on any atom is 0.190 e. The zero-order valence-corrected chi connectivity index (χ0v) is 19.7. The van der Waals surface area contributed by atoms with Gasteiger partial charge in [0.2, 0.25) is 0 Å². The highest BCUT2D eigenvalue weighted by Gasteiger charge is 2.06. The number of H-pyrrole nitrogens is 1. The molecule has 0 saturated heterocycles. The second-order valence-corrected chi connectivity index (χ2v) is 7.14. The van der Waals surface area contributed by atoms with Crippen molar-refractivity contribution in [1.29, 1.82) is 0 Å². The lowest BCUT2D eigenvalue weighted by Gasteiger charge is -2.11. The van der Waals surface area contributed by atoms with Gasteiger partial charge in [-0.05, 0) is 43.0 Å². The first-order chi connectivity index (χ1) is 14.3. The van der Waals surface area contributed by atoms with E-state index in [0.29, 0.717) is 0 Å². The van der Waals surface area contributed by atoms with Crippen LogP contribution < -0.4 is 10.6 Å². The van der Waals surface area contributed by atoms with E-state index in [2.05, 4.69) is 62.1 Å². The van der Waals surface area contributed by atoms with Crippen molar-refractivity contribution < 1.29 is 0 Å². The Morgan fingerprint density at radius 3 is 2.80 bits per heavy atom. The molecule has 0 spiro atoms. The van der Waals surface area contributed by atoms with Gasteiger partial charge in [-0.25, -0.2) is 0 Å². The summed E-state index contributed by atoms with van der Waals surface area (Å²) in [5.41, 5.74) is 4.72. The first-order valence-electron chi connectivity index (χ1n) is 10.0. The molecule has 4 aromatic rings. The van der Waals surface area contributed by atoms with E-state index >= 15 is 0 Å². The average molecular weight is 517 g/mol. The topological polar surface area (TPSA) is 82.4 Å². The molecule has 30 heavy (non-hydrogen) atoms. The summed E-state index contributed by atoms with van der Waals surface area (Å²) in [6.45, 7) is 3.79. The number of para-hydroxylation sites is 1. The monoisotopic (exact) mass is 517 g/mol. The van der Waals surface area contributed by atoms with Gasteiger partial charge in [-0.1, -0.05) is 24.3 Å². The molecule has 0 aliphatic rings. The molecule has 0 fully saturated rings. The van der Waals surface area contributed by atoms with Gasteiger partial charge in [-0.3, -0.25) is 9.39 Å². The van der Waals surface area contributed by atoms with Gasteiger partial charge in [-0.15, -0.1) is 34.2 Å². The summed E-state index contributed by atoms with van der Waals surface area (Å²) >= 11 is 0. The summed E-state index contributed by atoms with van der Waals surface area (Å²) in [7, 11) is 1.80. The highest BCUT2D eigenvalue weighted by atomic mass is 127. The maximum absolute atomic E-state index is 4.32. The summed E-state index contributed by atoms with van der Waals surface area (Å²) in [4.78, 5) is 7.71. The van der Waals surface area contributed by atoms with Crippen LogP contribution in [0.15, 0.2) is 53.8 Å². The molecule has 4 rings (SSSR count). The number of fused-ring (bicyclic) bond motifs is 2. The Morgan fingerprint density at radius 2 is 1.93 bits per heavy atom. The summed E-state index contributed by atoms with van der Waals surface area (Å²) in [5.74, 6) is 1.81. The van der Waals surface area contributed by atoms with Crippen molar-refractivity contribution in [2.45, 2.75) is 26.2 Å². The van der Waals surface area contributed by atoms with E-state index in [1.807, 2.05) is 28.8 Å². The molecule has 0 bridgehead atoms.